The van der Waals surface area contributed by atoms with Crippen LogP contribution in [0.15, 0.2) is 60.7 Å². The van der Waals surface area contributed by atoms with E-state index in [4.69, 9.17) is 0 Å². The van der Waals surface area contributed by atoms with Crippen molar-refractivity contribution in [1.82, 2.24) is 10.3 Å². The third-order valence-corrected chi connectivity index (χ3v) is 3.59. The number of amides is 1. The lowest BCUT2D eigenvalue weighted by Gasteiger charge is -2.11. The average Bonchev–Trinajstić information content (AvgIpc) is 2.98. The van der Waals surface area contributed by atoms with Crippen LogP contribution in [0.3, 0.4) is 0 Å². The molecule has 0 aliphatic carbocycles. The first-order chi connectivity index (χ1) is 10.7. The lowest BCUT2D eigenvalue weighted by Crippen LogP contribution is -2.33. The summed E-state index contributed by atoms with van der Waals surface area (Å²) in [4.78, 5) is 15.2. The summed E-state index contributed by atoms with van der Waals surface area (Å²) < 4.78 is 0. The highest BCUT2D eigenvalue weighted by molar-refractivity contribution is 5.97. The Morgan fingerprint density at radius 1 is 1.09 bits per heavy atom. The molecule has 0 unspecified atom stereocenters. The largest absolute Gasteiger partial charge is 0.391 e. The van der Waals surface area contributed by atoms with E-state index in [1.165, 1.54) is 0 Å². The highest BCUT2D eigenvalue weighted by atomic mass is 16.3. The van der Waals surface area contributed by atoms with Crippen LogP contribution < -0.4 is 5.32 Å². The number of benzene rings is 2. The zero-order valence-corrected chi connectivity index (χ0v) is 12.1. The lowest BCUT2D eigenvalue weighted by molar-refractivity contribution is 0.0912. The summed E-state index contributed by atoms with van der Waals surface area (Å²) >= 11 is 0. The topological polar surface area (TPSA) is 65.1 Å². The van der Waals surface area contributed by atoms with E-state index in [1.54, 1.807) is 0 Å². The molecule has 1 amide bonds. The number of aliphatic hydroxyl groups is 1. The number of para-hydroxylation sites is 1. The Morgan fingerprint density at radius 2 is 1.82 bits per heavy atom. The van der Waals surface area contributed by atoms with Crippen molar-refractivity contribution in [3.63, 3.8) is 0 Å². The normalized spacial score (nSPS) is 12.2. The molecule has 22 heavy (non-hydrogen) atoms. The van der Waals surface area contributed by atoms with Gasteiger partial charge in [-0.25, -0.2) is 0 Å². The van der Waals surface area contributed by atoms with E-state index in [0.717, 1.165) is 16.5 Å². The molecule has 3 rings (SSSR count). The molecule has 1 heterocycles. The van der Waals surface area contributed by atoms with Crippen LogP contribution in [-0.2, 0) is 6.42 Å². The van der Waals surface area contributed by atoms with Gasteiger partial charge in [-0.05, 0) is 17.7 Å². The number of nitrogens with one attached hydrogen (secondary N) is 2. The maximum Gasteiger partial charge on any atom is 0.267 e. The molecule has 4 nitrogen and oxygen atoms in total. The second kappa shape index (κ2) is 6.45. The summed E-state index contributed by atoms with van der Waals surface area (Å²) in [7, 11) is 0. The Kier molecular flexibility index (Phi) is 4.21. The van der Waals surface area contributed by atoms with Gasteiger partial charge in [0.1, 0.15) is 5.69 Å². The van der Waals surface area contributed by atoms with Gasteiger partial charge in [-0.2, -0.15) is 0 Å². The minimum atomic E-state index is -0.601. The number of carbonyl (C=O) groups excluding carboxylic acids is 1. The first-order valence-corrected chi connectivity index (χ1v) is 7.30. The Labute approximate surface area is 128 Å². The van der Waals surface area contributed by atoms with Crippen molar-refractivity contribution in [2.45, 2.75) is 12.5 Å². The molecule has 0 spiro atoms. The number of carbonyl (C=O) groups is 1. The molecule has 0 bridgehead atoms. The molecule has 2 aromatic carbocycles. The van der Waals surface area contributed by atoms with Gasteiger partial charge in [-0.1, -0.05) is 48.5 Å². The number of H-pyrrole nitrogens is 1. The maximum atomic E-state index is 12.1. The van der Waals surface area contributed by atoms with Crippen molar-refractivity contribution >= 4 is 16.8 Å². The summed E-state index contributed by atoms with van der Waals surface area (Å²) in [5.41, 5.74) is 2.49. The van der Waals surface area contributed by atoms with E-state index >= 15 is 0 Å². The zero-order chi connectivity index (χ0) is 15.4. The van der Waals surface area contributed by atoms with Crippen molar-refractivity contribution in [3.8, 4) is 0 Å². The van der Waals surface area contributed by atoms with Crippen molar-refractivity contribution in [2.75, 3.05) is 6.54 Å². The molecule has 0 aliphatic heterocycles. The van der Waals surface area contributed by atoms with Crippen LogP contribution in [-0.4, -0.2) is 28.6 Å². The second-order valence-corrected chi connectivity index (χ2v) is 5.32. The molecule has 0 aliphatic rings. The van der Waals surface area contributed by atoms with Gasteiger partial charge >= 0.3 is 0 Å². The molecule has 0 saturated carbocycles. The van der Waals surface area contributed by atoms with Crippen molar-refractivity contribution in [3.05, 3.63) is 71.9 Å². The molecule has 4 heteroatoms. The third kappa shape index (κ3) is 3.35. The van der Waals surface area contributed by atoms with Gasteiger partial charge in [0, 0.05) is 23.9 Å². The van der Waals surface area contributed by atoms with Gasteiger partial charge in [0.2, 0.25) is 0 Å². The maximum absolute atomic E-state index is 12.1. The van der Waals surface area contributed by atoms with Gasteiger partial charge in [0.05, 0.1) is 6.10 Å². The van der Waals surface area contributed by atoms with Crippen LogP contribution in [0, 0.1) is 0 Å². The number of hydrogen-bond acceptors (Lipinski definition) is 2. The fraction of sp³-hybridized carbons (Fsp3) is 0.167. The predicted molar refractivity (Wildman–Crippen MR) is 86.8 cm³/mol. The fourth-order valence-electron chi connectivity index (χ4n) is 2.46. The minimum absolute atomic E-state index is 0.205. The SMILES string of the molecule is O=C(NC[C@H](O)Cc1ccccc1)c1cc2ccccc2[nH]1. The zero-order valence-electron chi connectivity index (χ0n) is 12.1. The first-order valence-electron chi connectivity index (χ1n) is 7.30. The van der Waals surface area contributed by atoms with E-state index in [1.807, 2.05) is 60.7 Å². The number of hydrogen-bond donors (Lipinski definition) is 3. The smallest absolute Gasteiger partial charge is 0.267 e. The molecule has 1 aromatic heterocycles. The Balaban J connectivity index is 1.57. The lowest BCUT2D eigenvalue weighted by atomic mass is 10.1. The number of rotatable bonds is 5. The van der Waals surface area contributed by atoms with E-state index in [2.05, 4.69) is 10.3 Å². The van der Waals surface area contributed by atoms with Crippen LogP contribution in [0.25, 0.3) is 10.9 Å². The predicted octanol–water partition coefficient (Wildman–Crippen LogP) is 2.50. The van der Waals surface area contributed by atoms with Gasteiger partial charge in [-0.15, -0.1) is 0 Å². The molecule has 0 fully saturated rings. The van der Waals surface area contributed by atoms with Crippen LogP contribution in [0.2, 0.25) is 0 Å². The quantitative estimate of drug-likeness (QED) is 0.677. The Hall–Kier alpha value is -2.59. The van der Waals surface area contributed by atoms with Crippen molar-refractivity contribution in [2.24, 2.45) is 0 Å². The number of aliphatic hydroxyl groups excluding tert-OH is 1. The summed E-state index contributed by atoms with van der Waals surface area (Å²) in [6, 6.07) is 19.3. The minimum Gasteiger partial charge on any atom is -0.391 e. The van der Waals surface area contributed by atoms with Gasteiger partial charge in [0.15, 0.2) is 0 Å². The molecule has 3 aromatic rings. The molecule has 0 radical (unpaired) electrons. The van der Waals surface area contributed by atoms with Crippen LogP contribution >= 0.6 is 0 Å². The van der Waals surface area contributed by atoms with Crippen LogP contribution in [0.4, 0.5) is 0 Å². The Morgan fingerprint density at radius 3 is 2.59 bits per heavy atom. The molecule has 3 N–H and O–H groups in total. The summed E-state index contributed by atoms with van der Waals surface area (Å²) in [6.07, 6.45) is -0.0795. The van der Waals surface area contributed by atoms with Crippen molar-refractivity contribution in [1.29, 1.82) is 0 Å². The van der Waals surface area contributed by atoms with Crippen LogP contribution in [0.5, 0.6) is 0 Å². The van der Waals surface area contributed by atoms with E-state index in [0.29, 0.717) is 12.1 Å². The number of aromatic nitrogens is 1. The summed E-state index contributed by atoms with van der Waals surface area (Å²) in [6.45, 7) is 0.225. The molecular formula is C18H18N2O2. The highest BCUT2D eigenvalue weighted by Gasteiger charge is 2.11. The molecule has 0 saturated heterocycles. The monoisotopic (exact) mass is 294 g/mol. The van der Waals surface area contributed by atoms with E-state index in [9.17, 15) is 9.90 Å². The second-order valence-electron chi connectivity index (χ2n) is 5.32. The van der Waals surface area contributed by atoms with E-state index < -0.39 is 6.10 Å². The molecule has 1 atom stereocenters. The number of aromatic amines is 1. The van der Waals surface area contributed by atoms with Gasteiger partial charge in [-0.3, -0.25) is 4.79 Å². The van der Waals surface area contributed by atoms with Crippen LogP contribution in [0.1, 0.15) is 16.1 Å². The Bertz CT molecular complexity index is 732. The van der Waals surface area contributed by atoms with Gasteiger partial charge in [0.25, 0.3) is 5.91 Å². The van der Waals surface area contributed by atoms with Gasteiger partial charge < -0.3 is 15.4 Å². The highest BCUT2D eigenvalue weighted by Crippen LogP contribution is 2.14. The van der Waals surface area contributed by atoms with E-state index in [-0.39, 0.29) is 12.5 Å². The fourth-order valence-corrected chi connectivity index (χ4v) is 2.46. The standard InChI is InChI=1S/C18H18N2O2/c21-15(10-13-6-2-1-3-7-13)12-19-18(22)17-11-14-8-4-5-9-16(14)20-17/h1-9,11,15,20-21H,10,12H2,(H,19,22)/t15-/m1/s1. The molecular weight excluding hydrogens is 276 g/mol. The van der Waals surface area contributed by atoms with Crippen molar-refractivity contribution < 1.29 is 9.90 Å². The summed E-state index contributed by atoms with van der Waals surface area (Å²) in [5.74, 6) is -0.205. The number of fused-ring (bicyclic) bond motifs is 1. The average molecular weight is 294 g/mol. The summed E-state index contributed by atoms with van der Waals surface area (Å²) in [5, 5.41) is 13.8. The molecule has 112 valence electrons. The first kappa shape index (κ1) is 14.4. The third-order valence-electron chi connectivity index (χ3n) is 3.59.